The van der Waals surface area contributed by atoms with Gasteiger partial charge >= 0.3 is 0 Å². The van der Waals surface area contributed by atoms with E-state index in [9.17, 15) is 8.42 Å². The van der Waals surface area contributed by atoms with Crippen molar-refractivity contribution in [2.45, 2.75) is 24.5 Å². The van der Waals surface area contributed by atoms with E-state index < -0.39 is 14.6 Å². The first-order valence-corrected chi connectivity index (χ1v) is 10.1. The average molecular weight is 358 g/mol. The van der Waals surface area contributed by atoms with Crippen LogP contribution in [-0.4, -0.2) is 26.2 Å². The minimum Gasteiger partial charge on any atom is -0.444 e. The average Bonchev–Trinajstić information content (AvgIpc) is 2.96. The van der Waals surface area contributed by atoms with Crippen LogP contribution >= 0.6 is 0 Å². The number of hydrogen-bond donors (Lipinski definition) is 1. The van der Waals surface area contributed by atoms with Gasteiger partial charge in [-0.15, -0.1) is 0 Å². The number of sulfone groups is 1. The Morgan fingerprint density at radius 1 is 1.28 bits per heavy atom. The highest BCUT2D eigenvalue weighted by Crippen LogP contribution is 2.40. The third-order valence-electron chi connectivity index (χ3n) is 4.56. The number of oxazole rings is 1. The summed E-state index contributed by atoms with van der Waals surface area (Å²) in [6.45, 7) is 2.22. The highest BCUT2D eigenvalue weighted by atomic mass is 32.2. The molecule has 0 aliphatic heterocycles. The van der Waals surface area contributed by atoms with Crippen LogP contribution < -0.4 is 5.73 Å². The Balaban J connectivity index is 2.03. The van der Waals surface area contributed by atoms with E-state index >= 15 is 0 Å². The van der Waals surface area contributed by atoms with E-state index in [4.69, 9.17) is 10.2 Å². The summed E-state index contributed by atoms with van der Waals surface area (Å²) >= 11 is 0. The molecule has 1 aromatic carbocycles. The lowest BCUT2D eigenvalue weighted by Gasteiger charge is -2.27. The Hall–Kier alpha value is -2.18. The quantitative estimate of drug-likeness (QED) is 0.888. The van der Waals surface area contributed by atoms with E-state index in [1.54, 1.807) is 13.0 Å². The number of nitrogens with zero attached hydrogens (tertiary/aromatic N) is 1. The third kappa shape index (κ3) is 3.19. The van der Waals surface area contributed by atoms with E-state index in [0.717, 1.165) is 11.1 Å². The summed E-state index contributed by atoms with van der Waals surface area (Å²) < 4.78 is 29.7. The van der Waals surface area contributed by atoms with Crippen molar-refractivity contribution in [3.8, 4) is 0 Å². The number of allylic oxidation sites excluding steroid dienone is 3. The van der Waals surface area contributed by atoms with Gasteiger partial charge in [0.15, 0.2) is 14.6 Å². The van der Waals surface area contributed by atoms with Gasteiger partial charge in [-0.05, 0) is 31.0 Å². The summed E-state index contributed by atoms with van der Waals surface area (Å²) in [5.41, 5.74) is 8.35. The van der Waals surface area contributed by atoms with Crippen LogP contribution in [0.1, 0.15) is 29.3 Å². The minimum atomic E-state index is -3.48. The zero-order valence-corrected chi connectivity index (χ0v) is 15.2. The molecule has 0 spiro atoms. The van der Waals surface area contributed by atoms with Crippen molar-refractivity contribution in [1.29, 1.82) is 0 Å². The lowest BCUT2D eigenvalue weighted by molar-refractivity contribution is 0.423. The second-order valence-corrected chi connectivity index (χ2v) is 8.56. The van der Waals surface area contributed by atoms with Gasteiger partial charge in [-0.25, -0.2) is 13.4 Å². The molecule has 25 heavy (non-hydrogen) atoms. The predicted molar refractivity (Wildman–Crippen MR) is 98.7 cm³/mol. The molecule has 0 bridgehead atoms. The number of aromatic nitrogens is 1. The molecule has 1 aliphatic rings. The first-order chi connectivity index (χ1) is 11.9. The maximum absolute atomic E-state index is 12.6. The van der Waals surface area contributed by atoms with Crippen molar-refractivity contribution >= 4 is 15.4 Å². The number of aryl methyl sites for hydroxylation is 1. The smallest absolute Gasteiger partial charge is 0.220 e. The molecular formula is C19H22N2O3S. The van der Waals surface area contributed by atoms with Gasteiger partial charge in [-0.1, -0.05) is 48.6 Å². The number of rotatable bonds is 5. The monoisotopic (exact) mass is 358 g/mol. The van der Waals surface area contributed by atoms with Gasteiger partial charge < -0.3 is 10.2 Å². The molecule has 0 saturated heterocycles. The summed E-state index contributed by atoms with van der Waals surface area (Å²) in [6.07, 6.45) is 7.53. The molecule has 0 radical (unpaired) electrons. The molecule has 2 aromatic rings. The van der Waals surface area contributed by atoms with Crippen LogP contribution in [0.4, 0.5) is 0 Å². The number of nitrogens with two attached hydrogens (primary N) is 1. The van der Waals surface area contributed by atoms with E-state index in [2.05, 4.69) is 4.98 Å². The van der Waals surface area contributed by atoms with Gasteiger partial charge in [-0.2, -0.15) is 0 Å². The molecule has 132 valence electrons. The largest absolute Gasteiger partial charge is 0.444 e. The molecule has 2 N–H and O–H groups in total. The topological polar surface area (TPSA) is 86.2 Å². The fourth-order valence-electron chi connectivity index (χ4n) is 3.04. The Morgan fingerprint density at radius 3 is 2.56 bits per heavy atom. The van der Waals surface area contributed by atoms with Crippen LogP contribution in [-0.2, 0) is 21.0 Å². The van der Waals surface area contributed by atoms with Crippen LogP contribution in [0.25, 0.3) is 5.57 Å². The molecule has 1 atom stereocenters. The van der Waals surface area contributed by atoms with Gasteiger partial charge in [0.1, 0.15) is 5.76 Å². The maximum atomic E-state index is 12.6. The lowest BCUT2D eigenvalue weighted by Crippen LogP contribution is -2.34. The van der Waals surface area contributed by atoms with E-state index in [1.165, 1.54) is 6.26 Å². The SMILES string of the molecule is Cc1oc(C2(S(C)(=O)=O)C=CC(c3ccccc3)=CC2)nc1CCN. The van der Waals surface area contributed by atoms with Gasteiger partial charge in [0.25, 0.3) is 0 Å². The number of benzene rings is 1. The third-order valence-corrected chi connectivity index (χ3v) is 6.36. The Morgan fingerprint density at radius 2 is 2.00 bits per heavy atom. The summed E-state index contributed by atoms with van der Waals surface area (Å²) in [7, 11) is -3.48. The second kappa shape index (κ2) is 6.61. The van der Waals surface area contributed by atoms with Crippen molar-refractivity contribution in [3.63, 3.8) is 0 Å². The van der Waals surface area contributed by atoms with Gasteiger partial charge in [0.2, 0.25) is 5.89 Å². The molecule has 0 amide bonds. The molecular weight excluding hydrogens is 336 g/mol. The standard InChI is InChI=1S/C19H22N2O3S/c1-14-17(10-13-20)21-18(24-14)19(25(2,22)23)11-8-16(9-12-19)15-6-4-3-5-7-15/h3-9,11H,10,12-13,20H2,1-2H3. The molecule has 3 rings (SSSR count). The van der Waals surface area contributed by atoms with Crippen molar-refractivity contribution in [3.05, 3.63) is 71.5 Å². The summed E-state index contributed by atoms with van der Waals surface area (Å²) in [5, 5.41) is 0. The van der Waals surface area contributed by atoms with E-state index in [0.29, 0.717) is 24.4 Å². The Bertz CT molecular complexity index is 927. The fraction of sp³-hybridized carbons (Fsp3) is 0.316. The summed E-state index contributed by atoms with van der Waals surface area (Å²) in [4.78, 5) is 4.45. The first-order valence-electron chi connectivity index (χ1n) is 8.18. The summed E-state index contributed by atoms with van der Waals surface area (Å²) in [5.74, 6) is 0.838. The van der Waals surface area contributed by atoms with Crippen LogP contribution in [0.5, 0.6) is 0 Å². The zero-order chi connectivity index (χ0) is 18.1. The molecule has 0 saturated carbocycles. The number of hydrogen-bond acceptors (Lipinski definition) is 5. The Kier molecular flexibility index (Phi) is 4.67. The molecule has 6 heteroatoms. The second-order valence-electron chi connectivity index (χ2n) is 6.29. The van der Waals surface area contributed by atoms with Crippen LogP contribution in [0.3, 0.4) is 0 Å². The maximum Gasteiger partial charge on any atom is 0.220 e. The molecule has 1 heterocycles. The van der Waals surface area contributed by atoms with Gasteiger partial charge in [-0.3, -0.25) is 0 Å². The highest BCUT2D eigenvalue weighted by Gasteiger charge is 2.45. The van der Waals surface area contributed by atoms with Crippen LogP contribution in [0.2, 0.25) is 0 Å². The zero-order valence-electron chi connectivity index (χ0n) is 14.4. The predicted octanol–water partition coefficient (Wildman–Crippen LogP) is 2.77. The van der Waals surface area contributed by atoms with E-state index in [-0.39, 0.29) is 12.3 Å². The fourth-order valence-corrected chi connectivity index (χ4v) is 4.14. The van der Waals surface area contributed by atoms with Crippen LogP contribution in [0.15, 0.2) is 53.0 Å². The van der Waals surface area contributed by atoms with Crippen molar-refractivity contribution in [2.75, 3.05) is 12.8 Å². The van der Waals surface area contributed by atoms with Gasteiger partial charge in [0, 0.05) is 12.7 Å². The molecule has 1 unspecified atom stereocenters. The molecule has 1 aromatic heterocycles. The Labute approximate surface area is 148 Å². The van der Waals surface area contributed by atoms with Gasteiger partial charge in [0.05, 0.1) is 5.69 Å². The normalized spacial score (nSPS) is 20.5. The molecule has 5 nitrogen and oxygen atoms in total. The van der Waals surface area contributed by atoms with Crippen molar-refractivity contribution < 1.29 is 12.8 Å². The van der Waals surface area contributed by atoms with Crippen molar-refractivity contribution in [2.24, 2.45) is 5.73 Å². The molecule has 1 aliphatic carbocycles. The minimum absolute atomic E-state index is 0.218. The summed E-state index contributed by atoms with van der Waals surface area (Å²) in [6, 6.07) is 9.86. The highest BCUT2D eigenvalue weighted by molar-refractivity contribution is 7.91. The lowest BCUT2D eigenvalue weighted by atomic mass is 9.92. The van der Waals surface area contributed by atoms with Crippen LogP contribution in [0, 0.1) is 6.92 Å². The first kappa shape index (κ1) is 17.6. The van der Waals surface area contributed by atoms with E-state index in [1.807, 2.05) is 42.5 Å². The molecule has 0 fully saturated rings. The van der Waals surface area contributed by atoms with Crippen molar-refractivity contribution in [1.82, 2.24) is 4.98 Å².